The topological polar surface area (TPSA) is 3.24 Å². The van der Waals surface area contributed by atoms with Gasteiger partial charge in [0.2, 0.25) is 0 Å². The molecule has 1 aliphatic rings. The van der Waals surface area contributed by atoms with Gasteiger partial charge < -0.3 is 4.90 Å². The second kappa shape index (κ2) is 10.6. The molecule has 0 unspecified atom stereocenters. The molecule has 0 spiro atoms. The highest BCUT2D eigenvalue weighted by molar-refractivity contribution is 5.77. The summed E-state index contributed by atoms with van der Waals surface area (Å²) in [4.78, 5) is 2.40. The fourth-order valence-electron chi connectivity index (χ4n) is 5.05. The van der Waals surface area contributed by atoms with E-state index in [4.69, 9.17) is 0 Å². The minimum Gasteiger partial charge on any atom is -0.314 e. The van der Waals surface area contributed by atoms with E-state index in [0.29, 0.717) is 0 Å². The van der Waals surface area contributed by atoms with Crippen LogP contribution in [0.2, 0.25) is 0 Å². The van der Waals surface area contributed by atoms with Crippen molar-refractivity contribution in [1.82, 2.24) is 0 Å². The highest BCUT2D eigenvalue weighted by atomic mass is 15.1. The number of benzene rings is 5. The summed E-state index contributed by atoms with van der Waals surface area (Å²) in [6, 6.07) is 49.7. The number of anilines is 2. The quantitative estimate of drug-likeness (QED) is 0.236. The lowest BCUT2D eigenvalue weighted by Crippen LogP contribution is -2.17. The lowest BCUT2D eigenvalue weighted by atomic mass is 9.95. The maximum atomic E-state index is 2.40. The Bertz CT molecular complexity index is 1430. The van der Waals surface area contributed by atoms with Gasteiger partial charge in [0.15, 0.2) is 0 Å². The van der Waals surface area contributed by atoms with Crippen LogP contribution in [0, 0.1) is 0 Å². The predicted molar refractivity (Wildman–Crippen MR) is 158 cm³/mol. The molecule has 178 valence electrons. The summed E-state index contributed by atoms with van der Waals surface area (Å²) in [5, 5.41) is 0. The summed E-state index contributed by atoms with van der Waals surface area (Å²) >= 11 is 0. The molecular weight excluding hydrogens is 446 g/mol. The molecular formula is C36H29N. The fourth-order valence-corrected chi connectivity index (χ4v) is 5.05. The first-order chi connectivity index (χ1) is 18.3. The molecule has 0 aliphatic heterocycles. The van der Waals surface area contributed by atoms with Crippen molar-refractivity contribution in [1.29, 1.82) is 0 Å². The molecule has 0 aromatic heterocycles. The molecule has 0 radical (unpaired) electrons. The molecule has 0 N–H and O–H groups in total. The van der Waals surface area contributed by atoms with Crippen LogP contribution in [0.3, 0.4) is 0 Å². The molecule has 6 rings (SSSR count). The van der Waals surface area contributed by atoms with Gasteiger partial charge in [-0.3, -0.25) is 0 Å². The van der Waals surface area contributed by atoms with E-state index in [1.807, 2.05) is 0 Å². The maximum Gasteiger partial charge on any atom is 0.0458 e. The first-order valence-corrected chi connectivity index (χ1v) is 12.9. The highest BCUT2D eigenvalue weighted by Gasteiger charge is 2.18. The van der Waals surface area contributed by atoms with Crippen LogP contribution < -0.4 is 4.90 Å². The summed E-state index contributed by atoms with van der Waals surface area (Å²) in [5.41, 5.74) is 11.3. The Hall–Kier alpha value is -4.62. The van der Waals surface area contributed by atoms with Crippen molar-refractivity contribution in [3.63, 3.8) is 0 Å². The predicted octanol–water partition coefficient (Wildman–Crippen LogP) is 9.92. The molecule has 0 atom stereocenters. The number of rotatable bonds is 6. The Balaban J connectivity index is 1.37. The van der Waals surface area contributed by atoms with Gasteiger partial charge in [-0.25, -0.2) is 0 Å². The fraction of sp³-hybridized carbons (Fsp3) is 0.0556. The Morgan fingerprint density at radius 1 is 0.351 bits per heavy atom. The van der Waals surface area contributed by atoms with Crippen molar-refractivity contribution in [2.75, 3.05) is 4.90 Å². The zero-order valence-corrected chi connectivity index (χ0v) is 20.8. The Morgan fingerprint density at radius 2 is 0.757 bits per heavy atom. The van der Waals surface area contributed by atoms with Gasteiger partial charge in [-0.05, 0) is 76.6 Å². The smallest absolute Gasteiger partial charge is 0.0458 e. The normalized spacial score (nSPS) is 13.0. The van der Waals surface area contributed by atoms with Crippen LogP contribution in [-0.4, -0.2) is 0 Å². The van der Waals surface area contributed by atoms with Gasteiger partial charge in [0.1, 0.15) is 0 Å². The highest BCUT2D eigenvalue weighted by Crippen LogP contribution is 2.37. The van der Waals surface area contributed by atoms with Crippen molar-refractivity contribution in [2.24, 2.45) is 0 Å². The van der Waals surface area contributed by atoms with Crippen molar-refractivity contribution < 1.29 is 0 Å². The van der Waals surface area contributed by atoms with E-state index in [1.165, 1.54) is 50.5 Å². The Labute approximate surface area is 219 Å². The molecule has 37 heavy (non-hydrogen) atoms. The molecule has 1 heteroatoms. The summed E-state index contributed by atoms with van der Waals surface area (Å²) in [6.07, 6.45) is 6.60. The molecule has 1 aliphatic carbocycles. The van der Waals surface area contributed by atoms with Gasteiger partial charge in [-0.2, -0.15) is 0 Å². The van der Waals surface area contributed by atoms with Crippen LogP contribution in [0.5, 0.6) is 0 Å². The van der Waals surface area contributed by atoms with Crippen molar-refractivity contribution in [3.8, 4) is 22.3 Å². The third kappa shape index (κ3) is 5.03. The van der Waals surface area contributed by atoms with Gasteiger partial charge in [0, 0.05) is 17.1 Å². The molecule has 0 bridgehead atoms. The molecule has 0 fully saturated rings. The van der Waals surface area contributed by atoms with Crippen LogP contribution >= 0.6 is 0 Å². The van der Waals surface area contributed by atoms with Crippen LogP contribution in [-0.2, 0) is 0 Å². The van der Waals surface area contributed by atoms with Crippen LogP contribution in [0.15, 0.2) is 157 Å². The number of allylic oxidation sites excluding steroid dienone is 4. The van der Waals surface area contributed by atoms with Crippen molar-refractivity contribution in [2.45, 2.75) is 12.8 Å². The average Bonchev–Trinajstić information content (AvgIpc) is 3.00. The van der Waals surface area contributed by atoms with Gasteiger partial charge in [-0.1, -0.05) is 121 Å². The van der Waals surface area contributed by atoms with Gasteiger partial charge in [0.25, 0.3) is 0 Å². The number of hydrogen-bond donors (Lipinski definition) is 0. The second-order valence-electron chi connectivity index (χ2n) is 9.38. The van der Waals surface area contributed by atoms with Crippen molar-refractivity contribution in [3.05, 3.63) is 163 Å². The molecule has 0 saturated carbocycles. The third-order valence-electron chi connectivity index (χ3n) is 7.02. The molecule has 0 heterocycles. The number of hydrogen-bond acceptors (Lipinski definition) is 1. The van der Waals surface area contributed by atoms with E-state index in [0.717, 1.165) is 12.8 Å². The summed E-state index contributed by atoms with van der Waals surface area (Å²) < 4.78 is 0. The minimum absolute atomic E-state index is 0.988. The average molecular weight is 476 g/mol. The van der Waals surface area contributed by atoms with Crippen LogP contribution in [0.4, 0.5) is 11.4 Å². The van der Waals surface area contributed by atoms with Gasteiger partial charge in [-0.15, -0.1) is 0 Å². The van der Waals surface area contributed by atoms with Crippen LogP contribution in [0.25, 0.3) is 27.8 Å². The first kappa shape index (κ1) is 22.8. The molecule has 5 aromatic rings. The monoisotopic (exact) mass is 475 g/mol. The minimum atomic E-state index is 0.988. The lowest BCUT2D eigenvalue weighted by molar-refractivity contribution is 0.930. The number of nitrogens with zero attached hydrogens (tertiary/aromatic N) is 1. The molecule has 0 saturated heterocycles. The van der Waals surface area contributed by atoms with Gasteiger partial charge in [0.05, 0.1) is 0 Å². The first-order valence-electron chi connectivity index (χ1n) is 12.9. The van der Waals surface area contributed by atoms with E-state index in [2.05, 4.69) is 157 Å². The maximum absolute atomic E-state index is 2.40. The summed E-state index contributed by atoms with van der Waals surface area (Å²) in [5.74, 6) is 0. The standard InChI is InChI=1S/C36H29N/c1-4-10-28(11-5-1)31-16-22-34(23-17-31)37(35-24-18-32(19-25-35)29-12-6-2-7-13-29)36-26-20-33(21-27-36)30-14-8-3-9-15-30/h1-20,22-26H,21,27H2. The van der Waals surface area contributed by atoms with Gasteiger partial charge >= 0.3 is 0 Å². The zero-order valence-electron chi connectivity index (χ0n) is 20.8. The lowest BCUT2D eigenvalue weighted by Gasteiger charge is -2.30. The molecule has 5 aromatic carbocycles. The van der Waals surface area contributed by atoms with E-state index in [9.17, 15) is 0 Å². The van der Waals surface area contributed by atoms with Crippen molar-refractivity contribution >= 4 is 16.9 Å². The van der Waals surface area contributed by atoms with E-state index < -0.39 is 0 Å². The van der Waals surface area contributed by atoms with Crippen LogP contribution in [0.1, 0.15) is 18.4 Å². The van der Waals surface area contributed by atoms with E-state index in [1.54, 1.807) is 0 Å². The molecule has 1 nitrogen and oxygen atoms in total. The Kier molecular flexibility index (Phi) is 6.51. The second-order valence-corrected chi connectivity index (χ2v) is 9.38. The SMILES string of the molecule is C1=C(c2ccccc2)CCC(N(c2ccc(-c3ccccc3)cc2)c2ccc(-c3ccccc3)cc2)=C1. The summed E-state index contributed by atoms with van der Waals surface area (Å²) in [7, 11) is 0. The van der Waals surface area contributed by atoms with E-state index >= 15 is 0 Å². The molecule has 0 amide bonds. The third-order valence-corrected chi connectivity index (χ3v) is 7.02. The Morgan fingerprint density at radius 3 is 1.16 bits per heavy atom. The largest absolute Gasteiger partial charge is 0.314 e. The van der Waals surface area contributed by atoms with E-state index in [-0.39, 0.29) is 0 Å². The summed E-state index contributed by atoms with van der Waals surface area (Å²) in [6.45, 7) is 0. The zero-order chi connectivity index (χ0) is 24.9.